The predicted octanol–water partition coefficient (Wildman–Crippen LogP) is 2.79. The molecule has 1 aliphatic rings. The van der Waals surface area contributed by atoms with E-state index in [2.05, 4.69) is 36.5 Å². The highest BCUT2D eigenvalue weighted by Gasteiger charge is 2.16. The normalized spacial score (nSPS) is 16.3. The van der Waals surface area contributed by atoms with Crippen LogP contribution in [0.4, 0.5) is 0 Å². The van der Waals surface area contributed by atoms with Crippen LogP contribution in [0.15, 0.2) is 24.3 Å². The predicted molar refractivity (Wildman–Crippen MR) is 65.1 cm³/mol. The molecule has 1 aromatic rings. The van der Waals surface area contributed by atoms with E-state index in [1.165, 1.54) is 49.9 Å². The number of rotatable bonds is 5. The maximum Gasteiger partial charge on any atom is -0.000506 e. The van der Waals surface area contributed by atoms with Gasteiger partial charge in [-0.25, -0.2) is 0 Å². The maximum absolute atomic E-state index is 3.32. The van der Waals surface area contributed by atoms with Gasteiger partial charge >= 0.3 is 0 Å². The fourth-order valence-electron chi connectivity index (χ4n) is 2.05. The molecule has 0 bridgehead atoms. The molecule has 0 saturated carbocycles. The van der Waals surface area contributed by atoms with Crippen molar-refractivity contribution in [3.8, 4) is 0 Å². The summed E-state index contributed by atoms with van der Waals surface area (Å²) in [4.78, 5) is 0. The summed E-state index contributed by atoms with van der Waals surface area (Å²) in [5, 5.41) is 3.32. The zero-order valence-corrected chi connectivity index (χ0v) is 9.63. The molecule has 1 N–H and O–H groups in total. The molecule has 0 amide bonds. The van der Waals surface area contributed by atoms with Crippen molar-refractivity contribution in [1.29, 1.82) is 0 Å². The van der Waals surface area contributed by atoms with E-state index in [-0.39, 0.29) is 0 Å². The molecule has 1 heterocycles. The van der Waals surface area contributed by atoms with Crippen molar-refractivity contribution in [3.63, 3.8) is 0 Å². The SMILES string of the molecule is CCCCc1ccc(CC2CNC2)cc1. The van der Waals surface area contributed by atoms with E-state index in [0.29, 0.717) is 0 Å². The topological polar surface area (TPSA) is 12.0 Å². The van der Waals surface area contributed by atoms with Crippen LogP contribution in [0.1, 0.15) is 30.9 Å². The summed E-state index contributed by atoms with van der Waals surface area (Å²) in [6, 6.07) is 9.22. The number of hydrogen-bond acceptors (Lipinski definition) is 1. The molecule has 15 heavy (non-hydrogen) atoms. The van der Waals surface area contributed by atoms with Gasteiger partial charge < -0.3 is 5.32 Å². The minimum absolute atomic E-state index is 0.881. The van der Waals surface area contributed by atoms with Gasteiger partial charge in [-0.1, -0.05) is 37.6 Å². The molecule has 2 rings (SSSR count). The second-order valence-corrected chi connectivity index (χ2v) is 4.65. The lowest BCUT2D eigenvalue weighted by Crippen LogP contribution is -2.43. The van der Waals surface area contributed by atoms with Crippen LogP contribution in [-0.2, 0) is 12.8 Å². The lowest BCUT2D eigenvalue weighted by Gasteiger charge is -2.27. The zero-order chi connectivity index (χ0) is 10.5. The Morgan fingerprint density at radius 3 is 2.33 bits per heavy atom. The average Bonchev–Trinajstić information content (AvgIpc) is 2.22. The lowest BCUT2D eigenvalue weighted by atomic mass is 9.93. The van der Waals surface area contributed by atoms with E-state index in [1.54, 1.807) is 0 Å². The van der Waals surface area contributed by atoms with Crippen molar-refractivity contribution < 1.29 is 0 Å². The molecule has 0 aliphatic carbocycles. The Balaban J connectivity index is 1.85. The quantitative estimate of drug-likeness (QED) is 0.776. The minimum Gasteiger partial charge on any atom is -0.316 e. The van der Waals surface area contributed by atoms with Crippen molar-refractivity contribution in [3.05, 3.63) is 35.4 Å². The summed E-state index contributed by atoms with van der Waals surface area (Å²) in [5.74, 6) is 0.881. The van der Waals surface area contributed by atoms with Crippen LogP contribution in [0.25, 0.3) is 0 Å². The van der Waals surface area contributed by atoms with E-state index in [9.17, 15) is 0 Å². The van der Waals surface area contributed by atoms with E-state index in [4.69, 9.17) is 0 Å². The number of hydrogen-bond donors (Lipinski definition) is 1. The number of benzene rings is 1. The van der Waals surface area contributed by atoms with Gasteiger partial charge in [0, 0.05) is 0 Å². The summed E-state index contributed by atoms with van der Waals surface area (Å²) in [5.41, 5.74) is 2.99. The van der Waals surface area contributed by atoms with Gasteiger partial charge in [-0.2, -0.15) is 0 Å². The van der Waals surface area contributed by atoms with Crippen LogP contribution < -0.4 is 5.32 Å². The largest absolute Gasteiger partial charge is 0.316 e. The van der Waals surface area contributed by atoms with Crippen LogP contribution in [-0.4, -0.2) is 13.1 Å². The van der Waals surface area contributed by atoms with Gasteiger partial charge in [0.25, 0.3) is 0 Å². The second kappa shape index (κ2) is 5.32. The highest BCUT2D eigenvalue weighted by atomic mass is 14.9. The first-order valence-corrected chi connectivity index (χ1v) is 6.17. The number of nitrogens with one attached hydrogen (secondary N) is 1. The Hall–Kier alpha value is -0.820. The Morgan fingerprint density at radius 2 is 1.80 bits per heavy atom. The molecule has 0 unspecified atom stereocenters. The third-order valence-corrected chi connectivity index (χ3v) is 3.23. The molecule has 1 heteroatoms. The highest BCUT2D eigenvalue weighted by Crippen LogP contribution is 2.14. The molecule has 1 aromatic carbocycles. The van der Waals surface area contributed by atoms with Gasteiger partial charge in [0.15, 0.2) is 0 Å². The van der Waals surface area contributed by atoms with Crippen LogP contribution in [0.2, 0.25) is 0 Å². The Morgan fingerprint density at radius 1 is 1.13 bits per heavy atom. The molecule has 0 radical (unpaired) electrons. The molecule has 82 valence electrons. The minimum atomic E-state index is 0.881. The van der Waals surface area contributed by atoms with Crippen molar-refractivity contribution in [2.24, 2.45) is 5.92 Å². The van der Waals surface area contributed by atoms with Gasteiger partial charge in [-0.15, -0.1) is 0 Å². The van der Waals surface area contributed by atoms with E-state index in [0.717, 1.165) is 5.92 Å². The van der Waals surface area contributed by atoms with Crippen LogP contribution in [0.5, 0.6) is 0 Å². The lowest BCUT2D eigenvalue weighted by molar-refractivity contribution is 0.346. The summed E-state index contributed by atoms with van der Waals surface area (Å²) < 4.78 is 0. The number of aryl methyl sites for hydroxylation is 1. The first kappa shape index (κ1) is 10.7. The van der Waals surface area contributed by atoms with Crippen LogP contribution in [0.3, 0.4) is 0 Å². The monoisotopic (exact) mass is 203 g/mol. The molecule has 1 saturated heterocycles. The van der Waals surface area contributed by atoms with Crippen molar-refractivity contribution in [2.45, 2.75) is 32.6 Å². The van der Waals surface area contributed by atoms with Crippen molar-refractivity contribution in [2.75, 3.05) is 13.1 Å². The Bertz CT molecular complexity index is 285. The molecular weight excluding hydrogens is 182 g/mol. The Labute approximate surface area is 92.9 Å². The third-order valence-electron chi connectivity index (χ3n) is 3.23. The van der Waals surface area contributed by atoms with E-state index >= 15 is 0 Å². The van der Waals surface area contributed by atoms with Crippen LogP contribution >= 0.6 is 0 Å². The third kappa shape index (κ3) is 3.07. The number of unbranched alkanes of at least 4 members (excludes halogenated alkanes) is 1. The molecule has 0 aromatic heterocycles. The molecule has 1 nitrogen and oxygen atoms in total. The van der Waals surface area contributed by atoms with Gasteiger partial charge in [0.1, 0.15) is 0 Å². The maximum atomic E-state index is 3.32. The van der Waals surface area contributed by atoms with Gasteiger partial charge in [-0.3, -0.25) is 0 Å². The van der Waals surface area contributed by atoms with E-state index < -0.39 is 0 Å². The van der Waals surface area contributed by atoms with Gasteiger partial charge in [-0.05, 0) is 49.4 Å². The molecular formula is C14H21N. The standard InChI is InChI=1S/C14H21N/c1-2-3-4-12-5-7-13(8-6-12)9-14-10-15-11-14/h5-8,14-15H,2-4,9-11H2,1H3. The summed E-state index contributed by atoms with van der Waals surface area (Å²) in [6.45, 7) is 4.66. The fraction of sp³-hybridized carbons (Fsp3) is 0.571. The zero-order valence-electron chi connectivity index (χ0n) is 9.63. The van der Waals surface area contributed by atoms with Crippen LogP contribution in [0, 0.1) is 5.92 Å². The summed E-state index contributed by atoms with van der Waals surface area (Å²) >= 11 is 0. The van der Waals surface area contributed by atoms with E-state index in [1.807, 2.05) is 0 Å². The molecule has 1 fully saturated rings. The average molecular weight is 203 g/mol. The molecule has 0 spiro atoms. The fourth-order valence-corrected chi connectivity index (χ4v) is 2.05. The summed E-state index contributed by atoms with van der Waals surface area (Å²) in [7, 11) is 0. The van der Waals surface area contributed by atoms with Gasteiger partial charge in [0.2, 0.25) is 0 Å². The smallest absolute Gasteiger partial charge is 0.000506 e. The Kier molecular flexibility index (Phi) is 3.79. The second-order valence-electron chi connectivity index (χ2n) is 4.65. The summed E-state index contributed by atoms with van der Waals surface area (Å²) in [6.07, 6.45) is 5.09. The van der Waals surface area contributed by atoms with Crippen molar-refractivity contribution >= 4 is 0 Å². The van der Waals surface area contributed by atoms with Gasteiger partial charge in [0.05, 0.1) is 0 Å². The first-order chi connectivity index (χ1) is 7.38. The van der Waals surface area contributed by atoms with Crippen molar-refractivity contribution in [1.82, 2.24) is 5.32 Å². The molecule has 0 atom stereocenters. The molecule has 1 aliphatic heterocycles. The highest BCUT2D eigenvalue weighted by molar-refractivity contribution is 5.23. The first-order valence-electron chi connectivity index (χ1n) is 6.17.